The molecule has 2 aromatic carbocycles. The zero-order chi connectivity index (χ0) is 22.6. The zero-order valence-electron chi connectivity index (χ0n) is 18.2. The summed E-state index contributed by atoms with van der Waals surface area (Å²) in [6.45, 7) is 6.44. The third-order valence-corrected chi connectivity index (χ3v) is 7.93. The largest absolute Gasteiger partial charge is 0.492 e. The summed E-state index contributed by atoms with van der Waals surface area (Å²) >= 11 is 0. The van der Waals surface area contributed by atoms with Gasteiger partial charge in [-0.2, -0.15) is 4.31 Å². The number of sulfonamides is 1. The molecule has 0 radical (unpaired) electrons. The Morgan fingerprint density at radius 1 is 1.10 bits per heavy atom. The summed E-state index contributed by atoms with van der Waals surface area (Å²) < 4.78 is 46.3. The van der Waals surface area contributed by atoms with Gasteiger partial charge in [0.15, 0.2) is 0 Å². The number of carbonyl (C=O) groups is 1. The Hall–Kier alpha value is -2.45. The van der Waals surface area contributed by atoms with Crippen molar-refractivity contribution in [2.45, 2.75) is 50.3 Å². The van der Waals surface area contributed by atoms with Crippen LogP contribution in [0.1, 0.15) is 45.6 Å². The van der Waals surface area contributed by atoms with Gasteiger partial charge in [0.2, 0.25) is 15.9 Å². The number of nitrogens with one attached hydrogen (secondary N) is 1. The van der Waals surface area contributed by atoms with Gasteiger partial charge in [-0.15, -0.1) is 0 Å². The summed E-state index contributed by atoms with van der Waals surface area (Å²) in [5.74, 6) is -0.196. The highest BCUT2D eigenvalue weighted by atomic mass is 32.2. The van der Waals surface area contributed by atoms with E-state index in [4.69, 9.17) is 4.74 Å². The predicted octanol–water partition coefficient (Wildman–Crippen LogP) is 4.32. The van der Waals surface area contributed by atoms with Gasteiger partial charge in [0.05, 0.1) is 22.6 Å². The molecule has 0 aromatic heterocycles. The minimum atomic E-state index is -3.69. The lowest BCUT2D eigenvalue weighted by Crippen LogP contribution is -2.46. The number of amides is 1. The molecule has 0 atom stereocenters. The summed E-state index contributed by atoms with van der Waals surface area (Å²) in [5.41, 5.74) is 0.307. The topological polar surface area (TPSA) is 75.7 Å². The molecule has 0 spiro atoms. The molecule has 8 heteroatoms. The summed E-state index contributed by atoms with van der Waals surface area (Å²) in [6.07, 6.45) is 2.18. The lowest BCUT2D eigenvalue weighted by atomic mass is 9.64. The quantitative estimate of drug-likeness (QED) is 0.620. The lowest BCUT2D eigenvalue weighted by molar-refractivity contribution is -0.124. The van der Waals surface area contributed by atoms with Crippen molar-refractivity contribution < 1.29 is 22.3 Å². The van der Waals surface area contributed by atoms with Crippen LogP contribution < -0.4 is 10.1 Å². The van der Waals surface area contributed by atoms with Crippen LogP contribution in [-0.2, 0) is 20.2 Å². The van der Waals surface area contributed by atoms with Crippen LogP contribution in [0.5, 0.6) is 5.75 Å². The number of rotatable bonds is 9. The number of hydrogen-bond donors (Lipinski definition) is 1. The number of hydrogen-bond acceptors (Lipinski definition) is 4. The molecule has 0 heterocycles. The van der Waals surface area contributed by atoms with Crippen LogP contribution in [0.3, 0.4) is 0 Å². The van der Waals surface area contributed by atoms with Crippen molar-refractivity contribution in [1.82, 2.24) is 4.31 Å². The highest BCUT2D eigenvalue weighted by Gasteiger charge is 2.45. The van der Waals surface area contributed by atoms with Crippen molar-refractivity contribution in [2.75, 3.05) is 25.0 Å². The van der Waals surface area contributed by atoms with Gasteiger partial charge < -0.3 is 10.1 Å². The molecule has 3 rings (SSSR count). The second kappa shape index (κ2) is 9.36. The Kier molecular flexibility index (Phi) is 7.01. The van der Waals surface area contributed by atoms with E-state index >= 15 is 0 Å². The van der Waals surface area contributed by atoms with Gasteiger partial charge >= 0.3 is 0 Å². The first kappa shape index (κ1) is 23.2. The maximum atomic E-state index is 13.4. The molecular formula is C23H29FN2O4S. The molecule has 31 heavy (non-hydrogen) atoms. The van der Waals surface area contributed by atoms with Crippen LogP contribution in [0.15, 0.2) is 47.4 Å². The van der Waals surface area contributed by atoms with Gasteiger partial charge in [-0.05, 0) is 55.7 Å². The van der Waals surface area contributed by atoms with E-state index in [2.05, 4.69) is 5.32 Å². The average molecular weight is 449 g/mol. The SMILES string of the molecule is CCOc1ccc(S(=O)(=O)N(CC)CC)cc1NC(=O)C1(c2ccc(F)cc2)CCC1. The molecule has 0 aliphatic heterocycles. The predicted molar refractivity (Wildman–Crippen MR) is 118 cm³/mol. The Morgan fingerprint density at radius 3 is 2.26 bits per heavy atom. The molecule has 1 aliphatic rings. The van der Waals surface area contributed by atoms with Crippen molar-refractivity contribution in [3.8, 4) is 5.75 Å². The van der Waals surface area contributed by atoms with E-state index in [1.165, 1.54) is 28.6 Å². The Bertz CT molecular complexity index is 1030. The number of benzene rings is 2. The fourth-order valence-electron chi connectivity index (χ4n) is 3.95. The summed E-state index contributed by atoms with van der Waals surface area (Å²) in [5, 5.41) is 2.90. The lowest BCUT2D eigenvalue weighted by Gasteiger charge is -2.40. The van der Waals surface area contributed by atoms with Crippen LogP contribution in [0, 0.1) is 5.82 Å². The number of anilines is 1. The maximum absolute atomic E-state index is 13.4. The monoisotopic (exact) mass is 448 g/mol. The van der Waals surface area contributed by atoms with E-state index in [1.807, 2.05) is 6.92 Å². The molecule has 1 N–H and O–H groups in total. The third kappa shape index (κ3) is 4.45. The highest BCUT2D eigenvalue weighted by Crippen LogP contribution is 2.45. The zero-order valence-corrected chi connectivity index (χ0v) is 19.0. The standard InChI is InChI=1S/C23H29FN2O4S/c1-4-26(5-2)31(28,29)19-12-13-21(30-6-3)20(16-19)25-22(27)23(14-7-15-23)17-8-10-18(24)11-9-17/h8-13,16H,4-7,14-15H2,1-3H3,(H,25,27). The highest BCUT2D eigenvalue weighted by molar-refractivity contribution is 7.89. The molecule has 1 amide bonds. The van der Waals surface area contributed by atoms with Crippen molar-refractivity contribution in [1.29, 1.82) is 0 Å². The molecule has 0 unspecified atom stereocenters. The van der Waals surface area contributed by atoms with Crippen LogP contribution >= 0.6 is 0 Å². The molecule has 2 aromatic rings. The van der Waals surface area contributed by atoms with Crippen molar-refractivity contribution in [3.63, 3.8) is 0 Å². The van der Waals surface area contributed by atoms with Gasteiger partial charge in [-0.1, -0.05) is 32.4 Å². The van der Waals surface area contributed by atoms with Crippen molar-refractivity contribution in [3.05, 3.63) is 53.8 Å². The van der Waals surface area contributed by atoms with Crippen molar-refractivity contribution in [2.24, 2.45) is 0 Å². The third-order valence-electron chi connectivity index (χ3n) is 5.88. The second-order valence-electron chi connectivity index (χ2n) is 7.58. The van der Waals surface area contributed by atoms with Gasteiger partial charge in [-0.25, -0.2) is 12.8 Å². The first-order valence-electron chi connectivity index (χ1n) is 10.6. The molecule has 6 nitrogen and oxygen atoms in total. The molecule has 1 saturated carbocycles. The smallest absolute Gasteiger partial charge is 0.243 e. The van der Waals surface area contributed by atoms with Gasteiger partial charge in [-0.3, -0.25) is 4.79 Å². The molecule has 1 aliphatic carbocycles. The van der Waals surface area contributed by atoms with Crippen molar-refractivity contribution >= 4 is 21.6 Å². The van der Waals surface area contributed by atoms with E-state index in [9.17, 15) is 17.6 Å². The minimum absolute atomic E-state index is 0.0967. The van der Waals surface area contributed by atoms with E-state index in [1.54, 1.807) is 32.0 Å². The van der Waals surface area contributed by atoms with E-state index in [0.29, 0.717) is 44.0 Å². The van der Waals surface area contributed by atoms with Gasteiger partial charge in [0.1, 0.15) is 11.6 Å². The van der Waals surface area contributed by atoms with E-state index < -0.39 is 15.4 Å². The normalized spacial score (nSPS) is 15.4. The van der Waals surface area contributed by atoms with Crippen LogP contribution in [0.25, 0.3) is 0 Å². The number of nitrogens with zero attached hydrogens (tertiary/aromatic N) is 1. The fourth-order valence-corrected chi connectivity index (χ4v) is 5.43. The summed E-state index contributed by atoms with van der Waals surface area (Å²) in [4.78, 5) is 13.4. The Morgan fingerprint density at radius 2 is 1.74 bits per heavy atom. The molecule has 0 saturated heterocycles. The first-order chi connectivity index (χ1) is 14.8. The van der Waals surface area contributed by atoms with Gasteiger partial charge in [0.25, 0.3) is 0 Å². The molecular weight excluding hydrogens is 419 g/mol. The minimum Gasteiger partial charge on any atom is -0.492 e. The Labute approximate surface area is 183 Å². The average Bonchev–Trinajstić information content (AvgIpc) is 2.70. The summed E-state index contributed by atoms with van der Waals surface area (Å²) in [7, 11) is -3.69. The maximum Gasteiger partial charge on any atom is 0.243 e. The Balaban J connectivity index is 1.97. The molecule has 168 valence electrons. The van der Waals surface area contributed by atoms with E-state index in [-0.39, 0.29) is 16.6 Å². The molecule has 1 fully saturated rings. The summed E-state index contributed by atoms with van der Waals surface area (Å²) in [6, 6.07) is 10.5. The van der Waals surface area contributed by atoms with Crippen LogP contribution in [0.2, 0.25) is 0 Å². The number of ether oxygens (including phenoxy) is 1. The first-order valence-corrected chi connectivity index (χ1v) is 12.1. The van der Waals surface area contributed by atoms with Gasteiger partial charge in [0, 0.05) is 13.1 Å². The van der Waals surface area contributed by atoms with E-state index in [0.717, 1.165) is 12.0 Å². The van der Waals surface area contributed by atoms with Crippen LogP contribution in [0.4, 0.5) is 10.1 Å². The van der Waals surface area contributed by atoms with Crippen LogP contribution in [-0.4, -0.2) is 38.3 Å². The number of halogens is 1. The molecule has 0 bridgehead atoms. The second-order valence-corrected chi connectivity index (χ2v) is 9.51. The number of carbonyl (C=O) groups excluding carboxylic acids is 1. The fraction of sp³-hybridized carbons (Fsp3) is 0.435.